The first-order valence-electron chi connectivity index (χ1n) is 11.6. The molecule has 4 rings (SSSR count). The fourth-order valence-electron chi connectivity index (χ4n) is 3.87. The number of phenolic OH excluding ortho intramolecular Hbond substituents is 2. The minimum atomic E-state index is 0.310. The largest absolute Gasteiger partial charge is 0.508 e. The molecule has 2 N–H and O–H groups in total. The van der Waals surface area contributed by atoms with Gasteiger partial charge in [0.1, 0.15) is 16.2 Å². The van der Waals surface area contributed by atoms with E-state index in [1.165, 1.54) is 21.2 Å². The van der Waals surface area contributed by atoms with Gasteiger partial charge >= 0.3 is 0 Å². The van der Waals surface area contributed by atoms with Gasteiger partial charge in [-0.15, -0.1) is 0 Å². The second-order valence-electron chi connectivity index (χ2n) is 8.11. The Morgan fingerprint density at radius 2 is 1.73 bits per heavy atom. The lowest BCUT2D eigenvalue weighted by atomic mass is 10.2. The van der Waals surface area contributed by atoms with Gasteiger partial charge in [0.05, 0.1) is 10.7 Å². The van der Waals surface area contributed by atoms with Crippen LogP contribution in [0.15, 0.2) is 70.6 Å². The lowest BCUT2D eigenvalue weighted by Gasteiger charge is -2.19. The van der Waals surface area contributed by atoms with Crippen molar-refractivity contribution < 1.29 is 14.8 Å². The van der Waals surface area contributed by atoms with Gasteiger partial charge in [-0.25, -0.2) is 0 Å². The Hall–Kier alpha value is -2.70. The summed E-state index contributed by atoms with van der Waals surface area (Å²) in [6.07, 6.45) is 15.1. The summed E-state index contributed by atoms with van der Waals surface area (Å²) < 4.78 is 3.44. The minimum absolute atomic E-state index is 0.310. The molecule has 0 fully saturated rings. The molecule has 0 spiro atoms. The molecule has 1 aliphatic heterocycles. The number of rotatable bonds is 9. The molecular weight excluding hydrogens is 448 g/mol. The Balaban J connectivity index is 1.53. The molecule has 2 heterocycles. The second kappa shape index (κ2) is 10.9. The molecule has 0 saturated carbocycles. The van der Waals surface area contributed by atoms with Crippen LogP contribution in [0.3, 0.4) is 0 Å². The van der Waals surface area contributed by atoms with Crippen molar-refractivity contribution in [3.63, 3.8) is 0 Å². The molecule has 1 aromatic heterocycles. The zero-order valence-corrected chi connectivity index (χ0v) is 20.8. The third-order valence-corrected chi connectivity index (χ3v) is 7.82. The molecule has 0 aliphatic carbocycles. The van der Waals surface area contributed by atoms with E-state index in [0.717, 1.165) is 48.4 Å². The van der Waals surface area contributed by atoms with E-state index in [1.807, 2.05) is 24.3 Å². The van der Waals surface area contributed by atoms with E-state index in [-0.39, 0.29) is 0 Å². The summed E-state index contributed by atoms with van der Waals surface area (Å²) in [4.78, 5) is 3.44. The number of anilines is 1. The van der Waals surface area contributed by atoms with E-state index in [1.54, 1.807) is 35.2 Å². The summed E-state index contributed by atoms with van der Waals surface area (Å²) in [6.45, 7) is 6.36. The quantitative estimate of drug-likeness (QED) is 0.251. The van der Waals surface area contributed by atoms with Gasteiger partial charge in [-0.1, -0.05) is 68.0 Å². The number of aromatic hydroxyl groups is 2. The highest BCUT2D eigenvalue weighted by molar-refractivity contribution is 8.03. The number of phenols is 2. The van der Waals surface area contributed by atoms with E-state index in [9.17, 15) is 10.2 Å². The highest BCUT2D eigenvalue weighted by atomic mass is 32.2. The molecule has 4 nitrogen and oxygen atoms in total. The summed E-state index contributed by atoms with van der Waals surface area (Å²) >= 11 is 3.41. The van der Waals surface area contributed by atoms with Crippen LogP contribution in [0.2, 0.25) is 0 Å². The van der Waals surface area contributed by atoms with E-state index in [0.29, 0.717) is 11.5 Å². The number of aryl methyl sites for hydroxylation is 1. The Morgan fingerprint density at radius 1 is 0.939 bits per heavy atom. The maximum atomic E-state index is 9.85. The van der Waals surface area contributed by atoms with Gasteiger partial charge in [0.2, 0.25) is 5.52 Å². The third kappa shape index (κ3) is 5.45. The standard InChI is InChI=1S/C27H30N2O2S2/c1-3-5-16-28-22-14-12-20(30)18-24(22)32-26(28)10-8-7-9-11-27-29(17-6-4-2)23-15-13-21(31)19-25(23)33-27/h7-15,18-19H,3-6,16-17H2,1-2H3,(H-,30,31)/p+1. The van der Waals surface area contributed by atoms with Crippen LogP contribution in [-0.2, 0) is 6.54 Å². The normalized spacial score (nSPS) is 15.0. The summed E-state index contributed by atoms with van der Waals surface area (Å²) in [5.74, 6) is 0.619. The van der Waals surface area contributed by atoms with Crippen LogP contribution in [0.1, 0.15) is 44.5 Å². The second-order valence-corrected chi connectivity index (χ2v) is 10.2. The number of thiazole rings is 1. The van der Waals surface area contributed by atoms with Crippen molar-refractivity contribution in [2.24, 2.45) is 0 Å². The zero-order chi connectivity index (χ0) is 23.2. The summed E-state index contributed by atoms with van der Waals surface area (Å²) in [5, 5.41) is 22.1. The van der Waals surface area contributed by atoms with E-state index >= 15 is 0 Å². The highest BCUT2D eigenvalue weighted by Crippen LogP contribution is 2.47. The molecule has 0 unspecified atom stereocenters. The maximum Gasteiger partial charge on any atom is 0.262 e. The number of unbranched alkanes of at least 4 members (excludes halogenated alkanes) is 2. The molecule has 6 heteroatoms. The van der Waals surface area contributed by atoms with E-state index < -0.39 is 0 Å². The topological polar surface area (TPSA) is 47.6 Å². The number of hydrogen-bond donors (Lipinski definition) is 2. The first kappa shape index (κ1) is 23.5. The smallest absolute Gasteiger partial charge is 0.262 e. The van der Waals surface area contributed by atoms with Crippen molar-refractivity contribution in [3.05, 3.63) is 70.7 Å². The van der Waals surface area contributed by atoms with Crippen LogP contribution in [0.25, 0.3) is 16.3 Å². The van der Waals surface area contributed by atoms with Gasteiger partial charge in [0, 0.05) is 36.1 Å². The summed E-state index contributed by atoms with van der Waals surface area (Å²) in [6, 6.07) is 11.2. The Morgan fingerprint density at radius 3 is 2.55 bits per heavy atom. The molecule has 1 aliphatic rings. The molecule has 0 atom stereocenters. The fraction of sp³-hybridized carbons (Fsp3) is 0.296. The summed E-state index contributed by atoms with van der Waals surface area (Å²) in [5.41, 5.74) is 2.35. The molecule has 2 aromatic carbocycles. The molecule has 172 valence electrons. The number of aromatic nitrogens is 1. The van der Waals surface area contributed by atoms with Gasteiger partial charge < -0.3 is 15.1 Å². The van der Waals surface area contributed by atoms with Gasteiger partial charge in [0.25, 0.3) is 5.01 Å². The number of benzene rings is 2. The first-order chi connectivity index (χ1) is 16.1. The van der Waals surface area contributed by atoms with Crippen molar-refractivity contribution in [2.75, 3.05) is 11.4 Å². The van der Waals surface area contributed by atoms with Crippen molar-refractivity contribution in [1.29, 1.82) is 0 Å². The molecule has 0 radical (unpaired) electrons. The Labute approximate surface area is 204 Å². The molecule has 0 bridgehead atoms. The number of fused-ring (bicyclic) bond motifs is 2. The molecule has 0 amide bonds. The van der Waals surface area contributed by atoms with Crippen molar-refractivity contribution >= 4 is 45.1 Å². The highest BCUT2D eigenvalue weighted by Gasteiger charge is 2.24. The first-order valence-corrected chi connectivity index (χ1v) is 13.2. The number of thioether (sulfide) groups is 1. The van der Waals surface area contributed by atoms with Crippen molar-refractivity contribution in [3.8, 4) is 11.5 Å². The van der Waals surface area contributed by atoms with Crippen molar-refractivity contribution in [2.45, 2.75) is 51.0 Å². The molecular formula is C27H31N2O2S2+. The summed E-state index contributed by atoms with van der Waals surface area (Å²) in [7, 11) is 0. The maximum absolute atomic E-state index is 9.85. The van der Waals surface area contributed by atoms with Gasteiger partial charge in [0.15, 0.2) is 6.54 Å². The lowest BCUT2D eigenvalue weighted by Crippen LogP contribution is -2.34. The molecule has 3 aromatic rings. The van der Waals surface area contributed by atoms with Gasteiger partial charge in [-0.05, 0) is 36.8 Å². The molecule has 33 heavy (non-hydrogen) atoms. The van der Waals surface area contributed by atoms with Crippen LogP contribution in [0.4, 0.5) is 5.69 Å². The monoisotopic (exact) mass is 479 g/mol. The number of hydrogen-bond acceptors (Lipinski definition) is 5. The Kier molecular flexibility index (Phi) is 7.78. The lowest BCUT2D eigenvalue weighted by molar-refractivity contribution is -0.669. The number of nitrogens with zero attached hydrogens (tertiary/aromatic N) is 2. The van der Waals surface area contributed by atoms with Crippen molar-refractivity contribution in [1.82, 2.24) is 0 Å². The van der Waals surface area contributed by atoms with E-state index in [2.05, 4.69) is 53.7 Å². The van der Waals surface area contributed by atoms with Crippen LogP contribution in [-0.4, -0.2) is 16.8 Å². The average Bonchev–Trinajstić information content (AvgIpc) is 3.32. The molecule has 0 saturated heterocycles. The third-order valence-electron chi connectivity index (χ3n) is 5.60. The fourth-order valence-corrected chi connectivity index (χ4v) is 6.14. The zero-order valence-electron chi connectivity index (χ0n) is 19.2. The Bertz CT molecular complexity index is 1210. The van der Waals surface area contributed by atoms with Gasteiger partial charge in [-0.3, -0.25) is 0 Å². The van der Waals surface area contributed by atoms with Crippen LogP contribution < -0.4 is 9.47 Å². The SMILES string of the molecule is CCCCN1/C(=C/C=C/C=C/c2sc3cc(O)ccc3[n+]2CCCC)Sc2cc(O)ccc21. The van der Waals surface area contributed by atoms with Crippen LogP contribution in [0.5, 0.6) is 11.5 Å². The average molecular weight is 480 g/mol. The minimum Gasteiger partial charge on any atom is -0.508 e. The van der Waals surface area contributed by atoms with Gasteiger partial charge in [-0.2, -0.15) is 4.57 Å². The van der Waals surface area contributed by atoms with E-state index in [4.69, 9.17) is 0 Å². The van der Waals surface area contributed by atoms with Crippen LogP contribution in [0, 0.1) is 0 Å². The number of allylic oxidation sites excluding steroid dienone is 4. The van der Waals surface area contributed by atoms with Crippen LogP contribution >= 0.6 is 23.1 Å². The predicted octanol–water partition coefficient (Wildman–Crippen LogP) is 7.22. The predicted molar refractivity (Wildman–Crippen MR) is 141 cm³/mol.